The zero-order valence-corrected chi connectivity index (χ0v) is 19.4. The van der Waals surface area contributed by atoms with E-state index in [0.717, 1.165) is 64.5 Å². The van der Waals surface area contributed by atoms with Crippen molar-refractivity contribution in [2.24, 2.45) is 4.99 Å². The number of likely N-dealkylation sites (tertiary alicyclic amines) is 1. The number of aliphatic hydroxyl groups is 1. The van der Waals surface area contributed by atoms with Crippen LogP contribution in [-0.2, 0) is 0 Å². The zero-order valence-electron chi connectivity index (χ0n) is 17.1. The molecule has 0 saturated carbocycles. The first-order chi connectivity index (χ1) is 12.6. The van der Waals surface area contributed by atoms with Crippen molar-refractivity contribution in [2.45, 2.75) is 52.1 Å². The van der Waals surface area contributed by atoms with Crippen molar-refractivity contribution in [2.75, 3.05) is 39.3 Å². The summed E-state index contributed by atoms with van der Waals surface area (Å²) >= 11 is 0. The minimum Gasteiger partial charge on any atom is -0.393 e. The fraction of sp³-hybridized carbons (Fsp3) is 0.667. The highest BCUT2D eigenvalue weighted by Gasteiger charge is 2.16. The van der Waals surface area contributed by atoms with Crippen molar-refractivity contribution in [3.8, 4) is 0 Å². The largest absolute Gasteiger partial charge is 0.393 e. The van der Waals surface area contributed by atoms with Crippen LogP contribution >= 0.6 is 24.0 Å². The highest BCUT2D eigenvalue weighted by atomic mass is 127. The highest BCUT2D eigenvalue weighted by molar-refractivity contribution is 14.0. The quantitative estimate of drug-likeness (QED) is 0.228. The second-order valence-corrected chi connectivity index (χ2v) is 7.39. The number of aryl methyl sites for hydroxylation is 1. The van der Waals surface area contributed by atoms with E-state index in [1.54, 1.807) is 0 Å². The maximum atomic E-state index is 9.57. The Kier molecular flexibility index (Phi) is 11.9. The van der Waals surface area contributed by atoms with E-state index in [4.69, 9.17) is 4.99 Å². The number of nitrogens with zero attached hydrogens (tertiary/aromatic N) is 2. The van der Waals surface area contributed by atoms with Gasteiger partial charge in [-0.3, -0.25) is 4.99 Å². The third-order valence-corrected chi connectivity index (χ3v) is 4.98. The lowest BCUT2D eigenvalue weighted by atomic mass is 10.00. The highest BCUT2D eigenvalue weighted by Crippen LogP contribution is 2.16. The lowest BCUT2D eigenvalue weighted by Gasteiger charge is -2.29. The number of guanidine groups is 1. The molecule has 1 saturated heterocycles. The number of piperidine rings is 1. The first-order valence-electron chi connectivity index (χ1n) is 10.1. The number of nitrogens with one attached hydrogen (secondary N) is 2. The summed E-state index contributed by atoms with van der Waals surface area (Å²) in [6.07, 6.45) is 2.82. The van der Waals surface area contributed by atoms with Gasteiger partial charge in [-0.15, -0.1) is 24.0 Å². The average Bonchev–Trinajstić information content (AvgIpc) is 2.64. The molecular weight excluding hydrogens is 451 g/mol. The van der Waals surface area contributed by atoms with Crippen LogP contribution in [0.15, 0.2) is 29.3 Å². The van der Waals surface area contributed by atoms with Crippen molar-refractivity contribution in [1.82, 2.24) is 15.5 Å². The van der Waals surface area contributed by atoms with Crippen molar-refractivity contribution in [3.63, 3.8) is 0 Å². The summed E-state index contributed by atoms with van der Waals surface area (Å²) in [6.45, 7) is 12.1. The second-order valence-electron chi connectivity index (χ2n) is 7.39. The molecule has 0 amide bonds. The fourth-order valence-corrected chi connectivity index (χ4v) is 3.30. The lowest BCUT2D eigenvalue weighted by Crippen LogP contribution is -2.40. The molecule has 1 aliphatic rings. The molecule has 5 nitrogen and oxygen atoms in total. The van der Waals surface area contributed by atoms with Crippen LogP contribution in [0.3, 0.4) is 0 Å². The van der Waals surface area contributed by atoms with Crippen LogP contribution in [0.2, 0.25) is 0 Å². The molecule has 1 aromatic rings. The molecule has 0 aromatic heterocycles. The summed E-state index contributed by atoms with van der Waals surface area (Å²) in [5, 5.41) is 16.4. The summed E-state index contributed by atoms with van der Waals surface area (Å²) in [7, 11) is 0. The first kappa shape index (κ1) is 24.2. The summed E-state index contributed by atoms with van der Waals surface area (Å²) < 4.78 is 0. The van der Waals surface area contributed by atoms with E-state index in [9.17, 15) is 5.11 Å². The topological polar surface area (TPSA) is 59.9 Å². The molecule has 27 heavy (non-hydrogen) atoms. The SMILES string of the molecule is CCNC(=NCC(C)c1cccc(C)c1)NCCCN1CCC(O)CC1.I. The number of rotatable bonds is 8. The Morgan fingerprint density at radius 3 is 2.70 bits per heavy atom. The third kappa shape index (κ3) is 9.25. The van der Waals surface area contributed by atoms with Crippen LogP contribution in [0, 0.1) is 6.92 Å². The molecule has 2 rings (SSSR count). The van der Waals surface area contributed by atoms with E-state index < -0.39 is 0 Å². The van der Waals surface area contributed by atoms with Crippen molar-refractivity contribution in [3.05, 3.63) is 35.4 Å². The number of hydrogen-bond donors (Lipinski definition) is 3. The van der Waals surface area contributed by atoms with Crippen molar-refractivity contribution >= 4 is 29.9 Å². The zero-order chi connectivity index (χ0) is 18.8. The normalized spacial score (nSPS) is 17.3. The van der Waals surface area contributed by atoms with Gasteiger partial charge in [0.25, 0.3) is 0 Å². The van der Waals surface area contributed by atoms with Gasteiger partial charge in [-0.1, -0.05) is 36.8 Å². The fourth-order valence-electron chi connectivity index (χ4n) is 3.30. The van der Waals surface area contributed by atoms with E-state index in [2.05, 4.69) is 60.6 Å². The monoisotopic (exact) mass is 488 g/mol. The van der Waals surface area contributed by atoms with E-state index >= 15 is 0 Å². The van der Waals surface area contributed by atoms with Gasteiger partial charge < -0.3 is 20.6 Å². The van der Waals surface area contributed by atoms with Crippen LogP contribution < -0.4 is 10.6 Å². The minimum absolute atomic E-state index is 0. The van der Waals surface area contributed by atoms with Gasteiger partial charge in [-0.25, -0.2) is 0 Å². The maximum absolute atomic E-state index is 9.57. The standard InChI is InChI=1S/C21H36N4O.HI/c1-4-22-21(23-11-6-12-25-13-9-20(26)10-14-25)24-16-18(3)19-8-5-7-17(2)15-19;/h5,7-8,15,18,20,26H,4,6,9-14,16H2,1-3H3,(H2,22,23,24);1H. The number of aliphatic imine (C=N–C) groups is 1. The van der Waals surface area contributed by atoms with E-state index in [0.29, 0.717) is 5.92 Å². The van der Waals surface area contributed by atoms with Gasteiger partial charge in [0.15, 0.2) is 5.96 Å². The molecule has 0 radical (unpaired) electrons. The molecule has 6 heteroatoms. The van der Waals surface area contributed by atoms with Gasteiger partial charge in [-0.05, 0) is 45.2 Å². The molecule has 1 fully saturated rings. The third-order valence-electron chi connectivity index (χ3n) is 4.98. The van der Waals surface area contributed by atoms with Crippen molar-refractivity contribution in [1.29, 1.82) is 0 Å². The minimum atomic E-state index is -0.0905. The van der Waals surface area contributed by atoms with Crippen LogP contribution in [0.5, 0.6) is 0 Å². The molecular formula is C21H37IN4O. The van der Waals surface area contributed by atoms with Crippen LogP contribution in [0.4, 0.5) is 0 Å². The van der Waals surface area contributed by atoms with Gasteiger partial charge in [0.1, 0.15) is 0 Å². The second kappa shape index (κ2) is 13.3. The summed E-state index contributed by atoms with van der Waals surface area (Å²) in [6, 6.07) is 8.68. The lowest BCUT2D eigenvalue weighted by molar-refractivity contribution is 0.0823. The summed E-state index contributed by atoms with van der Waals surface area (Å²) in [4.78, 5) is 7.20. The molecule has 1 atom stereocenters. The summed E-state index contributed by atoms with van der Waals surface area (Å²) in [5.41, 5.74) is 2.64. The Bertz CT molecular complexity index is 559. The van der Waals surface area contributed by atoms with E-state index in [-0.39, 0.29) is 30.1 Å². The number of halogens is 1. The molecule has 0 bridgehead atoms. The van der Waals surface area contributed by atoms with Gasteiger partial charge >= 0.3 is 0 Å². The Morgan fingerprint density at radius 1 is 1.30 bits per heavy atom. The van der Waals surface area contributed by atoms with E-state index in [1.807, 2.05) is 0 Å². The van der Waals surface area contributed by atoms with Gasteiger partial charge in [-0.2, -0.15) is 0 Å². The Labute approximate surface area is 182 Å². The smallest absolute Gasteiger partial charge is 0.191 e. The Hall–Kier alpha value is -0.860. The van der Waals surface area contributed by atoms with E-state index in [1.165, 1.54) is 11.1 Å². The average molecular weight is 488 g/mol. The molecule has 1 aromatic carbocycles. The Balaban J connectivity index is 0.00000364. The molecule has 0 aliphatic carbocycles. The maximum Gasteiger partial charge on any atom is 0.191 e. The van der Waals surface area contributed by atoms with Crippen molar-refractivity contribution < 1.29 is 5.11 Å². The Morgan fingerprint density at radius 2 is 2.04 bits per heavy atom. The van der Waals surface area contributed by atoms with Gasteiger partial charge in [0.2, 0.25) is 0 Å². The van der Waals surface area contributed by atoms with Gasteiger partial charge in [0, 0.05) is 38.6 Å². The molecule has 1 heterocycles. The number of aliphatic hydroxyl groups excluding tert-OH is 1. The van der Waals surface area contributed by atoms with Crippen LogP contribution in [0.25, 0.3) is 0 Å². The van der Waals surface area contributed by atoms with Crippen LogP contribution in [-0.4, -0.2) is 61.3 Å². The number of hydrogen-bond acceptors (Lipinski definition) is 3. The molecule has 3 N–H and O–H groups in total. The predicted octanol–water partition coefficient (Wildman–Crippen LogP) is 3.12. The molecule has 0 spiro atoms. The molecule has 1 unspecified atom stereocenters. The first-order valence-corrected chi connectivity index (χ1v) is 10.1. The summed E-state index contributed by atoms with van der Waals surface area (Å²) in [5.74, 6) is 1.31. The van der Waals surface area contributed by atoms with Crippen LogP contribution in [0.1, 0.15) is 50.2 Å². The number of benzene rings is 1. The molecule has 1 aliphatic heterocycles. The predicted molar refractivity (Wildman–Crippen MR) is 125 cm³/mol. The molecule has 154 valence electrons. The van der Waals surface area contributed by atoms with Gasteiger partial charge in [0.05, 0.1) is 6.10 Å².